The van der Waals surface area contributed by atoms with Crippen LogP contribution >= 0.6 is 11.3 Å². The second kappa shape index (κ2) is 7.66. The zero-order chi connectivity index (χ0) is 18.5. The van der Waals surface area contributed by atoms with Crippen molar-refractivity contribution in [3.05, 3.63) is 81.5 Å². The quantitative estimate of drug-likeness (QED) is 0.407. The van der Waals surface area contributed by atoms with Crippen molar-refractivity contribution in [2.45, 2.75) is 0 Å². The molecule has 8 heteroatoms. The van der Waals surface area contributed by atoms with E-state index in [4.69, 9.17) is 0 Å². The van der Waals surface area contributed by atoms with Crippen LogP contribution in [0.2, 0.25) is 0 Å². The predicted octanol–water partition coefficient (Wildman–Crippen LogP) is 4.51. The molecule has 1 aromatic heterocycles. The van der Waals surface area contributed by atoms with Gasteiger partial charge in [0.2, 0.25) is 5.91 Å². The summed E-state index contributed by atoms with van der Waals surface area (Å²) in [6, 6.07) is 11.9. The smallest absolute Gasteiger partial charge is 0.270 e. The molecule has 0 saturated heterocycles. The molecule has 130 valence electrons. The molecule has 0 spiro atoms. The van der Waals surface area contributed by atoms with Crippen molar-refractivity contribution < 1.29 is 14.1 Å². The molecule has 3 rings (SSSR count). The number of nitrogens with zero attached hydrogens (tertiary/aromatic N) is 2. The first-order chi connectivity index (χ1) is 12.5. The average Bonchev–Trinajstić information content (AvgIpc) is 3.09. The van der Waals surface area contributed by atoms with Crippen molar-refractivity contribution in [3.8, 4) is 11.3 Å². The van der Waals surface area contributed by atoms with E-state index in [9.17, 15) is 19.3 Å². The Balaban J connectivity index is 1.66. The number of thiazole rings is 1. The maximum Gasteiger partial charge on any atom is 0.270 e. The van der Waals surface area contributed by atoms with Crippen molar-refractivity contribution in [2.24, 2.45) is 0 Å². The van der Waals surface area contributed by atoms with Gasteiger partial charge in [0, 0.05) is 29.2 Å². The lowest BCUT2D eigenvalue weighted by Crippen LogP contribution is -2.07. The Hall–Kier alpha value is -3.39. The number of non-ortho nitro benzene ring substituents is 1. The van der Waals surface area contributed by atoms with Gasteiger partial charge in [0.05, 0.1) is 10.6 Å². The number of nitro benzene ring substituents is 1. The van der Waals surface area contributed by atoms with Crippen LogP contribution in [-0.2, 0) is 4.79 Å². The van der Waals surface area contributed by atoms with Gasteiger partial charge in [-0.25, -0.2) is 9.37 Å². The Morgan fingerprint density at radius 3 is 2.73 bits per heavy atom. The minimum Gasteiger partial charge on any atom is -0.298 e. The number of amides is 1. The normalized spacial score (nSPS) is 10.8. The number of nitrogens with one attached hydrogen (secondary N) is 1. The maximum absolute atomic E-state index is 13.0. The number of carbonyl (C=O) groups excluding carboxylic acids is 1. The van der Waals surface area contributed by atoms with Gasteiger partial charge in [0.25, 0.3) is 5.69 Å². The molecular weight excluding hydrogens is 357 g/mol. The number of hydrogen-bond donors (Lipinski definition) is 1. The average molecular weight is 369 g/mol. The number of aromatic nitrogens is 1. The van der Waals surface area contributed by atoms with E-state index in [1.807, 2.05) is 0 Å². The fourth-order valence-electron chi connectivity index (χ4n) is 2.15. The van der Waals surface area contributed by atoms with Gasteiger partial charge in [-0.2, -0.15) is 0 Å². The van der Waals surface area contributed by atoms with Crippen LogP contribution in [0.5, 0.6) is 0 Å². The topological polar surface area (TPSA) is 85.1 Å². The summed E-state index contributed by atoms with van der Waals surface area (Å²) in [4.78, 5) is 26.5. The Morgan fingerprint density at radius 2 is 2.00 bits per heavy atom. The van der Waals surface area contributed by atoms with Crippen LogP contribution < -0.4 is 5.32 Å². The third kappa shape index (κ3) is 4.37. The molecular formula is C18H12FN3O3S. The van der Waals surface area contributed by atoms with Crippen molar-refractivity contribution >= 4 is 34.1 Å². The fraction of sp³-hybridized carbons (Fsp3) is 0. The molecule has 1 heterocycles. The van der Waals surface area contributed by atoms with E-state index in [1.165, 1.54) is 47.8 Å². The van der Waals surface area contributed by atoms with Gasteiger partial charge in [-0.1, -0.05) is 12.1 Å². The van der Waals surface area contributed by atoms with Gasteiger partial charge < -0.3 is 0 Å². The predicted molar refractivity (Wildman–Crippen MR) is 98.3 cm³/mol. The number of rotatable bonds is 5. The van der Waals surface area contributed by atoms with E-state index in [0.29, 0.717) is 16.4 Å². The molecule has 0 atom stereocenters. The maximum atomic E-state index is 13.0. The van der Waals surface area contributed by atoms with E-state index < -0.39 is 10.8 Å². The van der Waals surface area contributed by atoms with Crippen molar-refractivity contribution in [3.63, 3.8) is 0 Å². The molecule has 0 bridgehead atoms. The molecule has 26 heavy (non-hydrogen) atoms. The zero-order valence-corrected chi connectivity index (χ0v) is 14.1. The molecule has 1 amide bonds. The van der Waals surface area contributed by atoms with Crippen LogP contribution in [0.4, 0.5) is 15.2 Å². The van der Waals surface area contributed by atoms with Gasteiger partial charge in [0.15, 0.2) is 5.13 Å². The molecule has 0 fully saturated rings. The van der Waals surface area contributed by atoms with Crippen molar-refractivity contribution in [2.75, 3.05) is 5.32 Å². The first-order valence-corrected chi connectivity index (χ1v) is 8.34. The monoisotopic (exact) mass is 369 g/mol. The number of carbonyl (C=O) groups is 1. The third-order valence-corrected chi connectivity index (χ3v) is 4.14. The summed E-state index contributed by atoms with van der Waals surface area (Å²) in [6.07, 6.45) is 2.76. The number of halogens is 1. The van der Waals surface area contributed by atoms with Crippen LogP contribution in [0.15, 0.2) is 60.0 Å². The van der Waals surface area contributed by atoms with Gasteiger partial charge in [-0.3, -0.25) is 20.2 Å². The standard InChI is InChI=1S/C18H12FN3O3S/c19-14-7-5-13(6-8-14)16-11-26-18(20-16)21-17(23)9-4-12-2-1-3-15(10-12)22(24)25/h1-11H,(H,20,21,23). The molecule has 0 aliphatic rings. The lowest BCUT2D eigenvalue weighted by molar-refractivity contribution is -0.384. The van der Waals surface area contributed by atoms with Gasteiger partial charge in [0.1, 0.15) is 5.82 Å². The lowest BCUT2D eigenvalue weighted by Gasteiger charge is -1.98. The minimum absolute atomic E-state index is 0.0450. The third-order valence-electron chi connectivity index (χ3n) is 3.38. The minimum atomic E-state index is -0.496. The highest BCUT2D eigenvalue weighted by Gasteiger charge is 2.07. The second-order valence-electron chi connectivity index (χ2n) is 5.22. The zero-order valence-electron chi connectivity index (χ0n) is 13.3. The molecule has 2 aromatic carbocycles. The highest BCUT2D eigenvalue weighted by Crippen LogP contribution is 2.25. The Kier molecular flexibility index (Phi) is 5.14. The summed E-state index contributed by atoms with van der Waals surface area (Å²) in [5.41, 5.74) is 1.88. The van der Waals surface area contributed by atoms with Crippen LogP contribution in [0.1, 0.15) is 5.56 Å². The number of nitro groups is 1. The molecule has 0 aliphatic carbocycles. The fourth-order valence-corrected chi connectivity index (χ4v) is 2.87. The van der Waals surface area contributed by atoms with Crippen molar-refractivity contribution in [1.82, 2.24) is 4.98 Å². The largest absolute Gasteiger partial charge is 0.298 e. The highest BCUT2D eigenvalue weighted by atomic mass is 32.1. The summed E-state index contributed by atoms with van der Waals surface area (Å²) < 4.78 is 13.0. The molecule has 6 nitrogen and oxygen atoms in total. The number of hydrogen-bond acceptors (Lipinski definition) is 5. The van der Waals surface area contributed by atoms with Gasteiger partial charge >= 0.3 is 0 Å². The molecule has 0 saturated carbocycles. The van der Waals surface area contributed by atoms with Crippen LogP contribution in [0, 0.1) is 15.9 Å². The number of benzene rings is 2. The van der Waals surface area contributed by atoms with E-state index in [0.717, 1.165) is 5.56 Å². The van der Waals surface area contributed by atoms with Gasteiger partial charge in [-0.05, 0) is 35.9 Å². The van der Waals surface area contributed by atoms with E-state index in [2.05, 4.69) is 10.3 Å². The SMILES string of the molecule is O=C(C=Cc1cccc([N+](=O)[O-])c1)Nc1nc(-c2ccc(F)cc2)cs1. The molecule has 0 radical (unpaired) electrons. The van der Waals surface area contributed by atoms with Crippen LogP contribution in [0.3, 0.4) is 0 Å². The van der Waals surface area contributed by atoms with E-state index in [-0.39, 0.29) is 11.5 Å². The molecule has 0 aliphatic heterocycles. The lowest BCUT2D eigenvalue weighted by atomic mass is 10.2. The van der Waals surface area contributed by atoms with Gasteiger partial charge in [-0.15, -0.1) is 11.3 Å². The molecule has 1 N–H and O–H groups in total. The summed E-state index contributed by atoms with van der Waals surface area (Å²) >= 11 is 1.24. The summed E-state index contributed by atoms with van der Waals surface area (Å²) in [7, 11) is 0. The number of anilines is 1. The van der Waals surface area contributed by atoms with E-state index >= 15 is 0 Å². The summed E-state index contributed by atoms with van der Waals surface area (Å²) in [6.45, 7) is 0. The van der Waals surface area contributed by atoms with Crippen LogP contribution in [0.25, 0.3) is 17.3 Å². The van der Waals surface area contributed by atoms with Crippen molar-refractivity contribution in [1.29, 1.82) is 0 Å². The first-order valence-electron chi connectivity index (χ1n) is 7.46. The Labute approximate surface area is 151 Å². The summed E-state index contributed by atoms with van der Waals surface area (Å²) in [5, 5.41) is 15.5. The highest BCUT2D eigenvalue weighted by molar-refractivity contribution is 7.14. The Morgan fingerprint density at radius 1 is 1.23 bits per heavy atom. The van der Waals surface area contributed by atoms with E-state index in [1.54, 1.807) is 29.6 Å². The first kappa shape index (κ1) is 17.4. The Bertz CT molecular complexity index is 983. The molecule has 3 aromatic rings. The molecule has 0 unspecified atom stereocenters. The van der Waals surface area contributed by atoms with Crippen LogP contribution in [-0.4, -0.2) is 15.8 Å². The second-order valence-corrected chi connectivity index (χ2v) is 6.08. The summed E-state index contributed by atoms with van der Waals surface area (Å²) in [5.74, 6) is -0.736.